The van der Waals surface area contributed by atoms with Gasteiger partial charge in [0.1, 0.15) is 0 Å². The summed E-state index contributed by atoms with van der Waals surface area (Å²) in [5.41, 5.74) is 1.70. The number of methoxy groups -OCH3 is 1. The lowest BCUT2D eigenvalue weighted by Crippen LogP contribution is -2.06. The van der Waals surface area contributed by atoms with Crippen molar-refractivity contribution in [3.05, 3.63) is 72.2 Å². The van der Waals surface area contributed by atoms with Crippen molar-refractivity contribution in [2.24, 2.45) is 0 Å². The Morgan fingerprint density at radius 2 is 1.25 bits per heavy atom. The van der Waals surface area contributed by atoms with E-state index in [1.165, 1.54) is 25.4 Å². The molecule has 0 radical (unpaired) electrons. The number of rotatable bonds is 3. The minimum Gasteiger partial charge on any atom is -0.465 e. The Morgan fingerprint density at radius 3 is 1.71 bits per heavy atom. The van der Waals surface area contributed by atoms with Crippen LogP contribution in [0.4, 0.5) is 0 Å². The first-order chi connectivity index (χ1) is 13.2. The zero-order chi connectivity index (χ0) is 20.6. The highest BCUT2D eigenvalue weighted by atomic mass is 35.5. The van der Waals surface area contributed by atoms with E-state index >= 15 is 0 Å². The summed E-state index contributed by atoms with van der Waals surface area (Å²) < 4.78 is 4.89. The van der Waals surface area contributed by atoms with Crippen LogP contribution < -0.4 is 0 Å². The van der Waals surface area contributed by atoms with Gasteiger partial charge in [-0.2, -0.15) is 0 Å². The molecule has 3 rings (SSSR count). The number of ether oxygens (including phenoxy) is 1. The molecular weight excluding hydrogens is 487 g/mol. The summed E-state index contributed by atoms with van der Waals surface area (Å²) in [6.45, 7) is 0. The molecule has 3 aromatic rings. The number of carbonyl (C=O) groups excluding carboxylic acids is 1. The van der Waals surface area contributed by atoms with Crippen LogP contribution >= 0.6 is 69.6 Å². The van der Waals surface area contributed by atoms with Gasteiger partial charge in [-0.15, -0.1) is 0 Å². The summed E-state index contributed by atoms with van der Waals surface area (Å²) in [5.74, 6) is -0.632. The third-order valence-corrected chi connectivity index (χ3v) is 5.46. The fourth-order valence-corrected chi connectivity index (χ4v) is 4.68. The molecule has 0 bridgehead atoms. The fourth-order valence-electron chi connectivity index (χ4n) is 2.65. The maximum Gasteiger partial charge on any atom is 0.340 e. The van der Waals surface area contributed by atoms with Gasteiger partial charge in [-0.05, 0) is 30.3 Å². The van der Waals surface area contributed by atoms with Crippen LogP contribution in [0.15, 0.2) is 36.5 Å². The van der Waals surface area contributed by atoms with E-state index in [9.17, 15) is 4.79 Å². The van der Waals surface area contributed by atoms with E-state index in [1.54, 1.807) is 18.2 Å². The minimum atomic E-state index is -0.632. The maximum absolute atomic E-state index is 12.4. The smallest absolute Gasteiger partial charge is 0.340 e. The fraction of sp³-hybridized carbons (Fsp3) is 0.0526. The standard InChI is InChI=1S/C19H9Cl6NO2/c1-28-19(27)11-2-8(16-12(22)3-9(20)4-13(16)23)7-26-18(11)17-14(24)5-10(21)6-15(17)25/h2-7H,1H3. The summed E-state index contributed by atoms with van der Waals surface area (Å²) in [6.07, 6.45) is 1.50. The van der Waals surface area contributed by atoms with Crippen LogP contribution in [0.1, 0.15) is 10.4 Å². The molecule has 0 aliphatic rings. The van der Waals surface area contributed by atoms with Crippen molar-refractivity contribution < 1.29 is 9.53 Å². The second kappa shape index (κ2) is 8.66. The van der Waals surface area contributed by atoms with Gasteiger partial charge >= 0.3 is 5.97 Å². The molecule has 144 valence electrons. The highest BCUT2D eigenvalue weighted by molar-refractivity contribution is 6.43. The number of carbonyl (C=O) groups is 1. The summed E-state index contributed by atoms with van der Waals surface area (Å²) in [5, 5.41) is 1.85. The second-order valence-corrected chi connectivity index (χ2v) is 8.10. The molecule has 2 aromatic carbocycles. The third kappa shape index (κ3) is 4.20. The van der Waals surface area contributed by atoms with Gasteiger partial charge in [0.2, 0.25) is 0 Å². The van der Waals surface area contributed by atoms with Crippen LogP contribution in [0.25, 0.3) is 22.4 Å². The van der Waals surface area contributed by atoms with Crippen molar-refractivity contribution >= 4 is 75.6 Å². The molecule has 0 aliphatic carbocycles. The number of halogens is 6. The van der Waals surface area contributed by atoms with Crippen LogP contribution in [0, 0.1) is 0 Å². The molecule has 0 spiro atoms. The lowest BCUT2D eigenvalue weighted by Gasteiger charge is -2.14. The maximum atomic E-state index is 12.4. The van der Waals surface area contributed by atoms with E-state index in [1.807, 2.05) is 0 Å². The Kier molecular flexibility index (Phi) is 6.65. The predicted molar refractivity (Wildman–Crippen MR) is 117 cm³/mol. The summed E-state index contributed by atoms with van der Waals surface area (Å²) in [6, 6.07) is 7.66. The predicted octanol–water partition coefficient (Wildman–Crippen LogP) is 8.12. The highest BCUT2D eigenvalue weighted by Crippen LogP contribution is 2.41. The average Bonchev–Trinajstić information content (AvgIpc) is 2.60. The molecule has 1 aromatic heterocycles. The van der Waals surface area contributed by atoms with Gasteiger partial charge in [0.05, 0.1) is 38.5 Å². The van der Waals surface area contributed by atoms with Crippen molar-refractivity contribution in [2.45, 2.75) is 0 Å². The van der Waals surface area contributed by atoms with Gasteiger partial charge in [0.25, 0.3) is 0 Å². The van der Waals surface area contributed by atoms with Crippen molar-refractivity contribution in [3.63, 3.8) is 0 Å². The second-order valence-electron chi connectivity index (χ2n) is 5.60. The number of pyridine rings is 1. The molecule has 0 saturated heterocycles. The topological polar surface area (TPSA) is 39.2 Å². The molecular formula is C19H9Cl6NO2. The van der Waals surface area contributed by atoms with Crippen LogP contribution in [-0.2, 0) is 4.74 Å². The molecule has 1 heterocycles. The number of hydrogen-bond acceptors (Lipinski definition) is 3. The number of hydrogen-bond donors (Lipinski definition) is 0. The van der Waals surface area contributed by atoms with Crippen LogP contribution in [0.3, 0.4) is 0 Å². The van der Waals surface area contributed by atoms with E-state index in [4.69, 9.17) is 74.3 Å². The van der Waals surface area contributed by atoms with Crippen LogP contribution in [0.2, 0.25) is 30.1 Å². The van der Waals surface area contributed by atoms with Crippen molar-refractivity contribution in [1.29, 1.82) is 0 Å². The average molecular weight is 496 g/mol. The first kappa shape index (κ1) is 21.5. The number of nitrogens with zero attached hydrogens (tertiary/aromatic N) is 1. The minimum absolute atomic E-state index is 0.133. The Hall–Kier alpha value is -1.20. The van der Waals surface area contributed by atoms with E-state index in [-0.39, 0.29) is 21.3 Å². The van der Waals surface area contributed by atoms with Gasteiger partial charge in [0.15, 0.2) is 0 Å². The van der Waals surface area contributed by atoms with Gasteiger partial charge in [-0.25, -0.2) is 4.79 Å². The molecule has 0 saturated carbocycles. The first-order valence-electron chi connectivity index (χ1n) is 7.61. The zero-order valence-corrected chi connectivity index (χ0v) is 18.5. The SMILES string of the molecule is COC(=O)c1cc(-c2c(Cl)cc(Cl)cc2Cl)cnc1-c1c(Cl)cc(Cl)cc1Cl. The summed E-state index contributed by atoms with van der Waals surface area (Å²) in [7, 11) is 1.26. The Balaban J connectivity index is 2.28. The normalized spacial score (nSPS) is 10.8. The highest BCUT2D eigenvalue weighted by Gasteiger charge is 2.22. The van der Waals surface area contributed by atoms with E-state index in [2.05, 4.69) is 4.98 Å². The summed E-state index contributed by atoms with van der Waals surface area (Å²) >= 11 is 37.1. The molecule has 9 heteroatoms. The Labute approximate surface area is 191 Å². The Bertz CT molecular complexity index is 1050. The Morgan fingerprint density at radius 1 is 0.786 bits per heavy atom. The van der Waals surface area contributed by atoms with Crippen LogP contribution in [0.5, 0.6) is 0 Å². The summed E-state index contributed by atoms with van der Waals surface area (Å²) in [4.78, 5) is 16.8. The molecule has 0 fully saturated rings. The number of esters is 1. The van der Waals surface area contributed by atoms with Crippen molar-refractivity contribution in [2.75, 3.05) is 7.11 Å². The van der Waals surface area contributed by atoms with E-state index in [0.717, 1.165) is 0 Å². The third-order valence-electron chi connectivity index (χ3n) is 3.83. The van der Waals surface area contributed by atoms with Gasteiger partial charge in [-0.3, -0.25) is 4.98 Å². The van der Waals surface area contributed by atoms with E-state index in [0.29, 0.717) is 36.8 Å². The molecule has 28 heavy (non-hydrogen) atoms. The zero-order valence-electron chi connectivity index (χ0n) is 14.0. The number of benzene rings is 2. The van der Waals surface area contributed by atoms with Gasteiger partial charge in [-0.1, -0.05) is 69.6 Å². The molecule has 0 unspecified atom stereocenters. The van der Waals surface area contributed by atoms with Crippen molar-refractivity contribution in [3.8, 4) is 22.4 Å². The molecule has 0 aliphatic heterocycles. The molecule has 0 N–H and O–H groups in total. The van der Waals surface area contributed by atoms with Gasteiger partial charge < -0.3 is 4.74 Å². The lowest BCUT2D eigenvalue weighted by atomic mass is 10.0. The molecule has 0 amide bonds. The van der Waals surface area contributed by atoms with E-state index < -0.39 is 5.97 Å². The lowest BCUT2D eigenvalue weighted by molar-refractivity contribution is 0.0601. The largest absolute Gasteiger partial charge is 0.465 e. The van der Waals surface area contributed by atoms with Gasteiger partial charge in [0, 0.05) is 32.9 Å². The molecule has 3 nitrogen and oxygen atoms in total. The molecule has 0 atom stereocenters. The quantitative estimate of drug-likeness (QED) is 0.344. The van der Waals surface area contributed by atoms with Crippen molar-refractivity contribution in [1.82, 2.24) is 4.98 Å². The number of aromatic nitrogens is 1. The monoisotopic (exact) mass is 493 g/mol. The van der Waals surface area contributed by atoms with Crippen LogP contribution in [-0.4, -0.2) is 18.1 Å². The first-order valence-corrected chi connectivity index (χ1v) is 9.88.